The molecule has 94 valence electrons. The van der Waals surface area contributed by atoms with Crippen LogP contribution in [0.4, 0.5) is 13.2 Å². The van der Waals surface area contributed by atoms with Crippen LogP contribution in [0.3, 0.4) is 0 Å². The Morgan fingerprint density at radius 1 is 1.41 bits per heavy atom. The van der Waals surface area contributed by atoms with Crippen molar-refractivity contribution in [2.75, 3.05) is 6.54 Å². The Hall–Kier alpha value is -1.04. The lowest BCUT2D eigenvalue weighted by Gasteiger charge is -2.08. The molecule has 0 spiro atoms. The number of hydrogen-bond donors (Lipinski definition) is 1. The predicted molar refractivity (Wildman–Crippen MR) is 61.9 cm³/mol. The molecule has 6 heteroatoms. The van der Waals surface area contributed by atoms with Gasteiger partial charge in [0.15, 0.2) is 0 Å². The number of aryl methyl sites for hydroxylation is 1. The van der Waals surface area contributed by atoms with Crippen molar-refractivity contribution in [1.29, 1.82) is 0 Å². The van der Waals surface area contributed by atoms with Crippen molar-refractivity contribution in [3.63, 3.8) is 0 Å². The lowest BCUT2D eigenvalue weighted by atomic mass is 10.1. The van der Waals surface area contributed by atoms with Crippen LogP contribution < -0.4 is 5.32 Å². The van der Waals surface area contributed by atoms with Gasteiger partial charge >= 0.3 is 6.18 Å². The summed E-state index contributed by atoms with van der Waals surface area (Å²) in [6.45, 7) is 1.40. The molecule has 0 unspecified atom stereocenters. The number of alkyl halides is 3. The summed E-state index contributed by atoms with van der Waals surface area (Å²) in [5.74, 6) is -0.496. The number of carbonyl (C=O) groups excluding carboxylic acids is 1. The minimum atomic E-state index is -4.25. The molecule has 0 aliphatic heterocycles. The molecule has 0 aliphatic rings. The lowest BCUT2D eigenvalue weighted by molar-refractivity contribution is -0.132. The topological polar surface area (TPSA) is 29.1 Å². The summed E-state index contributed by atoms with van der Waals surface area (Å²) in [4.78, 5) is 11.5. The third kappa shape index (κ3) is 4.77. The van der Waals surface area contributed by atoms with Crippen LogP contribution in [0.5, 0.6) is 0 Å². The maximum atomic E-state index is 11.9. The summed E-state index contributed by atoms with van der Waals surface area (Å²) < 4.78 is 36.5. The van der Waals surface area contributed by atoms with Gasteiger partial charge < -0.3 is 5.32 Å². The first-order valence-corrected chi connectivity index (χ1v) is 5.70. The Kier molecular flexibility index (Phi) is 4.56. The molecule has 0 aliphatic carbocycles. The first-order chi connectivity index (χ1) is 7.79. The van der Waals surface area contributed by atoms with Gasteiger partial charge in [0.25, 0.3) is 5.91 Å². The minimum Gasteiger partial charge on any atom is -0.352 e. The van der Waals surface area contributed by atoms with E-state index < -0.39 is 25.0 Å². The van der Waals surface area contributed by atoms with Crippen LogP contribution in [-0.2, 0) is 0 Å². The average molecular weight is 310 g/mol. The molecule has 0 saturated heterocycles. The largest absolute Gasteiger partial charge is 0.390 e. The maximum absolute atomic E-state index is 11.9. The monoisotopic (exact) mass is 309 g/mol. The third-order valence-corrected chi connectivity index (χ3v) is 3.00. The highest BCUT2D eigenvalue weighted by molar-refractivity contribution is 9.10. The second-order valence-corrected chi connectivity index (χ2v) is 4.44. The first-order valence-electron chi connectivity index (χ1n) is 4.91. The molecule has 0 aromatic heterocycles. The number of rotatable bonds is 3. The molecule has 0 bridgehead atoms. The molecular weight excluding hydrogens is 299 g/mol. The van der Waals surface area contributed by atoms with E-state index >= 15 is 0 Å². The molecule has 17 heavy (non-hydrogen) atoms. The summed E-state index contributed by atoms with van der Waals surface area (Å²) in [5.41, 5.74) is 1.21. The molecule has 0 saturated carbocycles. The van der Waals surface area contributed by atoms with Crippen molar-refractivity contribution in [2.24, 2.45) is 0 Å². The van der Waals surface area contributed by atoms with Crippen molar-refractivity contribution in [2.45, 2.75) is 19.5 Å². The highest BCUT2D eigenvalue weighted by atomic mass is 79.9. The zero-order valence-corrected chi connectivity index (χ0v) is 10.7. The average Bonchev–Trinajstić information content (AvgIpc) is 2.20. The SMILES string of the molecule is Cc1cc(C(=O)NCCC(F)(F)F)ccc1Br. The van der Waals surface area contributed by atoms with Crippen molar-refractivity contribution < 1.29 is 18.0 Å². The Balaban J connectivity index is 2.56. The number of nitrogens with one attached hydrogen (secondary N) is 1. The molecule has 1 amide bonds. The Labute approximate surface area is 105 Å². The summed E-state index contributed by atoms with van der Waals surface area (Å²) >= 11 is 3.28. The van der Waals surface area contributed by atoms with Gasteiger partial charge in [-0.1, -0.05) is 15.9 Å². The van der Waals surface area contributed by atoms with E-state index in [4.69, 9.17) is 0 Å². The van der Waals surface area contributed by atoms with Crippen molar-refractivity contribution >= 4 is 21.8 Å². The summed E-state index contributed by atoms with van der Waals surface area (Å²) in [6.07, 6.45) is -5.27. The van der Waals surface area contributed by atoms with Gasteiger partial charge in [-0.2, -0.15) is 13.2 Å². The van der Waals surface area contributed by atoms with Gasteiger partial charge in [-0.05, 0) is 30.7 Å². The molecule has 1 aromatic rings. The highest BCUT2D eigenvalue weighted by Crippen LogP contribution is 2.19. The van der Waals surface area contributed by atoms with Crippen LogP contribution in [-0.4, -0.2) is 18.6 Å². The van der Waals surface area contributed by atoms with Gasteiger partial charge in [-0.25, -0.2) is 0 Å². The Bertz CT molecular complexity index is 418. The van der Waals surface area contributed by atoms with Gasteiger partial charge in [-0.15, -0.1) is 0 Å². The van der Waals surface area contributed by atoms with Gasteiger partial charge in [0.05, 0.1) is 6.42 Å². The van der Waals surface area contributed by atoms with Crippen LogP contribution in [0.25, 0.3) is 0 Å². The van der Waals surface area contributed by atoms with E-state index in [1.807, 2.05) is 0 Å². The minimum absolute atomic E-state index is 0.355. The zero-order valence-electron chi connectivity index (χ0n) is 9.07. The van der Waals surface area contributed by atoms with E-state index in [1.54, 1.807) is 25.1 Å². The Morgan fingerprint density at radius 2 is 2.06 bits per heavy atom. The van der Waals surface area contributed by atoms with E-state index in [0.29, 0.717) is 5.56 Å². The van der Waals surface area contributed by atoms with E-state index in [1.165, 1.54) is 0 Å². The smallest absolute Gasteiger partial charge is 0.352 e. The quantitative estimate of drug-likeness (QED) is 0.910. The lowest BCUT2D eigenvalue weighted by Crippen LogP contribution is -2.27. The van der Waals surface area contributed by atoms with E-state index in [2.05, 4.69) is 21.2 Å². The molecular formula is C11H11BrF3NO. The molecule has 1 rings (SSSR count). The second-order valence-electron chi connectivity index (χ2n) is 3.59. The molecule has 0 atom stereocenters. The van der Waals surface area contributed by atoms with Crippen LogP contribution in [0.2, 0.25) is 0 Å². The van der Waals surface area contributed by atoms with Gasteiger partial charge in [0.2, 0.25) is 0 Å². The van der Waals surface area contributed by atoms with Crippen molar-refractivity contribution in [1.82, 2.24) is 5.32 Å². The maximum Gasteiger partial charge on any atom is 0.390 e. The van der Waals surface area contributed by atoms with Gasteiger partial charge in [-0.3, -0.25) is 4.79 Å². The number of carbonyl (C=O) groups is 1. The van der Waals surface area contributed by atoms with E-state index in [0.717, 1.165) is 10.0 Å². The van der Waals surface area contributed by atoms with Crippen LogP contribution in [0.15, 0.2) is 22.7 Å². The van der Waals surface area contributed by atoms with Gasteiger partial charge in [0, 0.05) is 16.6 Å². The third-order valence-electron chi connectivity index (χ3n) is 2.11. The predicted octanol–water partition coefficient (Wildman–Crippen LogP) is 3.44. The van der Waals surface area contributed by atoms with Crippen LogP contribution >= 0.6 is 15.9 Å². The second kappa shape index (κ2) is 5.53. The Morgan fingerprint density at radius 3 is 2.59 bits per heavy atom. The normalized spacial score (nSPS) is 11.4. The molecule has 1 N–H and O–H groups in total. The highest BCUT2D eigenvalue weighted by Gasteiger charge is 2.26. The number of halogens is 4. The van der Waals surface area contributed by atoms with E-state index in [-0.39, 0.29) is 0 Å². The molecule has 2 nitrogen and oxygen atoms in total. The van der Waals surface area contributed by atoms with E-state index in [9.17, 15) is 18.0 Å². The van der Waals surface area contributed by atoms with Crippen LogP contribution in [0.1, 0.15) is 22.3 Å². The first kappa shape index (κ1) is 14.0. The zero-order chi connectivity index (χ0) is 13.1. The van der Waals surface area contributed by atoms with Crippen molar-refractivity contribution in [3.05, 3.63) is 33.8 Å². The fraction of sp³-hybridized carbons (Fsp3) is 0.364. The summed E-state index contributed by atoms with van der Waals surface area (Å²) in [5, 5.41) is 2.23. The van der Waals surface area contributed by atoms with Crippen LogP contribution in [0, 0.1) is 6.92 Å². The number of benzene rings is 1. The molecule has 0 radical (unpaired) electrons. The standard InChI is InChI=1S/C11H11BrF3NO/c1-7-6-8(2-3-9(7)12)10(17)16-5-4-11(13,14)15/h2-3,6H,4-5H2,1H3,(H,16,17). The number of amides is 1. The molecule has 0 fully saturated rings. The summed E-state index contributed by atoms with van der Waals surface area (Å²) in [6, 6.07) is 4.86. The fourth-order valence-electron chi connectivity index (χ4n) is 1.21. The fourth-order valence-corrected chi connectivity index (χ4v) is 1.45. The van der Waals surface area contributed by atoms with Crippen molar-refractivity contribution in [3.8, 4) is 0 Å². The van der Waals surface area contributed by atoms with Gasteiger partial charge in [0.1, 0.15) is 0 Å². The molecule has 1 aromatic carbocycles. The molecule has 0 heterocycles. The summed E-state index contributed by atoms with van der Waals surface area (Å²) in [7, 11) is 0. The number of hydrogen-bond acceptors (Lipinski definition) is 1.